The molecule has 0 radical (unpaired) electrons. The molecule has 4 heteroatoms. The van der Waals surface area contributed by atoms with E-state index in [1.54, 1.807) is 0 Å². The monoisotopic (exact) mass is 159 g/mol. The molecule has 11 heavy (non-hydrogen) atoms. The van der Waals surface area contributed by atoms with Gasteiger partial charge in [-0.05, 0) is 12.3 Å². The molecule has 0 aromatic rings. The van der Waals surface area contributed by atoms with Crippen LogP contribution in [0.4, 0.5) is 0 Å². The molecule has 1 saturated heterocycles. The van der Waals surface area contributed by atoms with Gasteiger partial charge in [-0.2, -0.15) is 0 Å². The summed E-state index contributed by atoms with van der Waals surface area (Å²) in [6, 6.07) is 0. The quantitative estimate of drug-likeness (QED) is 0.516. The minimum atomic E-state index is -0.788. The van der Waals surface area contributed by atoms with Crippen molar-refractivity contribution in [2.45, 2.75) is 18.9 Å². The molecule has 1 aliphatic rings. The number of rotatable bonds is 3. The molecule has 0 aromatic carbocycles. The standard InChI is InChI=1S/C7H13NO3/c9-6-4-8-3-5(6)1-2-7(10)11/h5-6,8-9H,1-4H2,(H,10,11)/t5-,6+/m0/s1. The summed E-state index contributed by atoms with van der Waals surface area (Å²) in [5.74, 6) is -0.657. The summed E-state index contributed by atoms with van der Waals surface area (Å²) in [5, 5.41) is 20.6. The van der Waals surface area contributed by atoms with Crippen LogP contribution in [0.1, 0.15) is 12.8 Å². The molecule has 2 atom stereocenters. The van der Waals surface area contributed by atoms with Gasteiger partial charge in [-0.25, -0.2) is 0 Å². The Hall–Kier alpha value is -0.610. The third-order valence-electron chi connectivity index (χ3n) is 2.03. The Morgan fingerprint density at radius 2 is 2.27 bits per heavy atom. The van der Waals surface area contributed by atoms with E-state index in [4.69, 9.17) is 5.11 Å². The van der Waals surface area contributed by atoms with Crippen molar-refractivity contribution in [1.82, 2.24) is 5.32 Å². The number of aliphatic hydroxyl groups is 1. The van der Waals surface area contributed by atoms with Crippen LogP contribution >= 0.6 is 0 Å². The lowest BCUT2D eigenvalue weighted by Crippen LogP contribution is -2.18. The van der Waals surface area contributed by atoms with Gasteiger partial charge in [0.2, 0.25) is 0 Å². The fourth-order valence-electron chi connectivity index (χ4n) is 1.32. The third kappa shape index (κ3) is 2.48. The van der Waals surface area contributed by atoms with Crippen LogP contribution in [0, 0.1) is 5.92 Å². The topological polar surface area (TPSA) is 69.6 Å². The van der Waals surface area contributed by atoms with E-state index in [1.807, 2.05) is 0 Å². The Balaban J connectivity index is 2.20. The average Bonchev–Trinajstić information content (AvgIpc) is 2.31. The summed E-state index contributed by atoms with van der Waals surface area (Å²) in [5.41, 5.74) is 0. The third-order valence-corrected chi connectivity index (χ3v) is 2.03. The van der Waals surface area contributed by atoms with E-state index in [2.05, 4.69) is 5.32 Å². The van der Waals surface area contributed by atoms with Crippen molar-refractivity contribution in [2.24, 2.45) is 5.92 Å². The molecule has 0 amide bonds. The molecule has 3 N–H and O–H groups in total. The van der Waals surface area contributed by atoms with Gasteiger partial charge in [0, 0.05) is 19.5 Å². The zero-order valence-electron chi connectivity index (χ0n) is 6.29. The van der Waals surface area contributed by atoms with Gasteiger partial charge >= 0.3 is 5.97 Å². The number of β-amino-alcohol motifs (C(OH)–C–C–N with tert-alkyl or cyclic N) is 1. The van der Waals surface area contributed by atoms with Gasteiger partial charge in [-0.15, -0.1) is 0 Å². The summed E-state index contributed by atoms with van der Waals surface area (Å²) in [6.45, 7) is 1.35. The minimum Gasteiger partial charge on any atom is -0.481 e. The number of hydrogen-bond donors (Lipinski definition) is 3. The fourth-order valence-corrected chi connectivity index (χ4v) is 1.32. The molecule has 0 spiro atoms. The van der Waals surface area contributed by atoms with Gasteiger partial charge in [0.05, 0.1) is 6.10 Å². The Morgan fingerprint density at radius 3 is 2.73 bits per heavy atom. The number of hydrogen-bond acceptors (Lipinski definition) is 3. The van der Waals surface area contributed by atoms with Crippen molar-refractivity contribution in [1.29, 1.82) is 0 Å². The van der Waals surface area contributed by atoms with Crippen molar-refractivity contribution < 1.29 is 15.0 Å². The average molecular weight is 159 g/mol. The van der Waals surface area contributed by atoms with E-state index in [9.17, 15) is 9.90 Å². The lowest BCUT2D eigenvalue weighted by Gasteiger charge is -2.10. The maximum Gasteiger partial charge on any atom is 0.303 e. The van der Waals surface area contributed by atoms with E-state index in [-0.39, 0.29) is 18.4 Å². The molecule has 0 aromatic heterocycles. The van der Waals surface area contributed by atoms with Crippen molar-refractivity contribution in [3.63, 3.8) is 0 Å². The summed E-state index contributed by atoms with van der Waals surface area (Å²) in [7, 11) is 0. The zero-order chi connectivity index (χ0) is 8.27. The number of carboxylic acids is 1. The second kappa shape index (κ2) is 3.69. The summed E-state index contributed by atoms with van der Waals surface area (Å²) in [6.07, 6.45) is 0.377. The first-order valence-corrected chi connectivity index (χ1v) is 3.80. The van der Waals surface area contributed by atoms with Crippen LogP contribution in [0.2, 0.25) is 0 Å². The Morgan fingerprint density at radius 1 is 1.55 bits per heavy atom. The Bertz CT molecular complexity index is 149. The van der Waals surface area contributed by atoms with Crippen LogP contribution in [-0.2, 0) is 4.79 Å². The van der Waals surface area contributed by atoms with Crippen LogP contribution in [0.25, 0.3) is 0 Å². The van der Waals surface area contributed by atoms with Gasteiger partial charge in [0.25, 0.3) is 0 Å². The maximum atomic E-state index is 10.2. The van der Waals surface area contributed by atoms with Gasteiger partial charge < -0.3 is 15.5 Å². The van der Waals surface area contributed by atoms with E-state index in [1.165, 1.54) is 0 Å². The molecular weight excluding hydrogens is 146 g/mol. The number of carboxylic acid groups (broad SMARTS) is 1. The van der Waals surface area contributed by atoms with E-state index < -0.39 is 5.97 Å². The lowest BCUT2D eigenvalue weighted by molar-refractivity contribution is -0.137. The highest BCUT2D eigenvalue weighted by Crippen LogP contribution is 2.14. The first-order chi connectivity index (χ1) is 5.20. The number of carbonyl (C=O) groups is 1. The van der Waals surface area contributed by atoms with E-state index >= 15 is 0 Å². The minimum absolute atomic E-state index is 0.131. The normalized spacial score (nSPS) is 30.6. The number of aliphatic hydroxyl groups excluding tert-OH is 1. The number of aliphatic carboxylic acids is 1. The van der Waals surface area contributed by atoms with Crippen molar-refractivity contribution in [2.75, 3.05) is 13.1 Å². The molecule has 0 unspecified atom stereocenters. The molecule has 1 aliphatic heterocycles. The summed E-state index contributed by atoms with van der Waals surface area (Å²) >= 11 is 0. The maximum absolute atomic E-state index is 10.2. The molecule has 64 valence electrons. The Kier molecular flexibility index (Phi) is 2.84. The molecule has 1 fully saturated rings. The smallest absolute Gasteiger partial charge is 0.303 e. The second-order valence-electron chi connectivity index (χ2n) is 2.92. The van der Waals surface area contributed by atoms with Crippen LogP contribution in [0.5, 0.6) is 0 Å². The Labute approximate surface area is 65.2 Å². The largest absolute Gasteiger partial charge is 0.481 e. The van der Waals surface area contributed by atoms with Crippen molar-refractivity contribution in [3.05, 3.63) is 0 Å². The molecule has 0 aliphatic carbocycles. The van der Waals surface area contributed by atoms with Crippen LogP contribution in [0.3, 0.4) is 0 Å². The zero-order valence-corrected chi connectivity index (χ0v) is 6.29. The molecule has 0 bridgehead atoms. The molecular formula is C7H13NO3. The molecule has 0 saturated carbocycles. The van der Waals surface area contributed by atoms with Crippen LogP contribution in [0.15, 0.2) is 0 Å². The van der Waals surface area contributed by atoms with Crippen LogP contribution < -0.4 is 5.32 Å². The summed E-state index contributed by atoms with van der Waals surface area (Å²) in [4.78, 5) is 10.2. The molecule has 1 heterocycles. The number of nitrogens with one attached hydrogen (secondary N) is 1. The second-order valence-corrected chi connectivity index (χ2v) is 2.92. The van der Waals surface area contributed by atoms with Crippen LogP contribution in [-0.4, -0.2) is 35.4 Å². The van der Waals surface area contributed by atoms with Crippen molar-refractivity contribution in [3.8, 4) is 0 Å². The van der Waals surface area contributed by atoms with Gasteiger partial charge in [0.15, 0.2) is 0 Å². The molecule has 1 rings (SSSR count). The first-order valence-electron chi connectivity index (χ1n) is 3.80. The highest BCUT2D eigenvalue weighted by Gasteiger charge is 2.24. The van der Waals surface area contributed by atoms with Gasteiger partial charge in [-0.1, -0.05) is 0 Å². The summed E-state index contributed by atoms with van der Waals surface area (Å²) < 4.78 is 0. The molecule has 4 nitrogen and oxygen atoms in total. The lowest BCUT2D eigenvalue weighted by atomic mass is 10.0. The predicted molar refractivity (Wildman–Crippen MR) is 39.2 cm³/mol. The SMILES string of the molecule is O=C(O)CC[C@H]1CNC[C@H]1O. The van der Waals surface area contributed by atoms with Gasteiger partial charge in [0.1, 0.15) is 0 Å². The van der Waals surface area contributed by atoms with Crippen molar-refractivity contribution >= 4 is 5.97 Å². The predicted octanol–water partition coefficient (Wildman–Crippen LogP) is -0.569. The highest BCUT2D eigenvalue weighted by atomic mass is 16.4. The van der Waals surface area contributed by atoms with Gasteiger partial charge in [-0.3, -0.25) is 4.79 Å². The highest BCUT2D eigenvalue weighted by molar-refractivity contribution is 5.66. The van der Waals surface area contributed by atoms with E-state index in [0.29, 0.717) is 13.0 Å². The fraction of sp³-hybridized carbons (Fsp3) is 0.857. The van der Waals surface area contributed by atoms with E-state index in [0.717, 1.165) is 6.54 Å². The first kappa shape index (κ1) is 8.49.